The van der Waals surface area contributed by atoms with Gasteiger partial charge in [0.15, 0.2) is 0 Å². The molecule has 0 N–H and O–H groups in total. The number of hydrogen-bond acceptors (Lipinski definition) is 5. The zero-order chi connectivity index (χ0) is 17.2. The van der Waals surface area contributed by atoms with E-state index >= 15 is 0 Å². The van der Waals surface area contributed by atoms with Crippen molar-refractivity contribution < 1.29 is 19.1 Å². The second-order valence-corrected chi connectivity index (χ2v) is 4.75. The molecule has 0 amide bonds. The van der Waals surface area contributed by atoms with Crippen LogP contribution < -0.4 is 4.90 Å². The summed E-state index contributed by atoms with van der Waals surface area (Å²) in [6, 6.07) is 7.49. The monoisotopic (exact) mass is 319 g/mol. The molecule has 0 aromatic heterocycles. The number of nitrogens with zero attached hydrogens (tertiary/aromatic N) is 1. The molecule has 1 rings (SSSR count). The molecule has 0 heterocycles. The van der Waals surface area contributed by atoms with Crippen molar-refractivity contribution in [1.82, 2.24) is 0 Å². The van der Waals surface area contributed by atoms with Gasteiger partial charge in [-0.05, 0) is 45.4 Å². The van der Waals surface area contributed by atoms with Gasteiger partial charge in [0.25, 0.3) is 0 Å². The van der Waals surface area contributed by atoms with Crippen LogP contribution in [0.15, 0.2) is 30.3 Å². The molecule has 0 spiro atoms. The number of ether oxygens (including phenoxy) is 2. The highest BCUT2D eigenvalue weighted by molar-refractivity contribution is 6.20. The van der Waals surface area contributed by atoms with Crippen LogP contribution in [0, 0.1) is 0 Å². The molecule has 5 nitrogen and oxygen atoms in total. The van der Waals surface area contributed by atoms with Gasteiger partial charge >= 0.3 is 11.9 Å². The van der Waals surface area contributed by atoms with Gasteiger partial charge in [-0.1, -0.05) is 12.1 Å². The summed E-state index contributed by atoms with van der Waals surface area (Å²) >= 11 is 0. The lowest BCUT2D eigenvalue weighted by Gasteiger charge is -2.21. The molecule has 0 fully saturated rings. The maximum Gasteiger partial charge on any atom is 0.338 e. The van der Waals surface area contributed by atoms with Gasteiger partial charge in [0.2, 0.25) is 0 Å². The molecular weight excluding hydrogens is 294 g/mol. The van der Waals surface area contributed by atoms with Gasteiger partial charge in [-0.3, -0.25) is 0 Å². The maximum absolute atomic E-state index is 12.1. The molecule has 0 aliphatic heterocycles. The number of hydrogen-bond donors (Lipinski definition) is 0. The van der Waals surface area contributed by atoms with Gasteiger partial charge in [-0.25, -0.2) is 9.59 Å². The molecule has 0 atom stereocenters. The van der Waals surface area contributed by atoms with E-state index in [1.165, 1.54) is 6.08 Å². The highest BCUT2D eigenvalue weighted by Crippen LogP contribution is 2.21. The minimum absolute atomic E-state index is 0.205. The number of esters is 2. The Morgan fingerprint density at radius 1 is 0.957 bits per heavy atom. The SMILES string of the molecule is CCOC(=O)C=C(C(=O)OCC)c1ccc(N(CC)CC)cc1. The Kier molecular flexibility index (Phi) is 7.88. The van der Waals surface area contributed by atoms with E-state index in [1.54, 1.807) is 13.8 Å². The Bertz CT molecular complexity index is 545. The highest BCUT2D eigenvalue weighted by atomic mass is 16.5. The predicted octanol–water partition coefficient (Wildman–Crippen LogP) is 3.04. The first-order valence-corrected chi connectivity index (χ1v) is 7.98. The van der Waals surface area contributed by atoms with Gasteiger partial charge in [0.1, 0.15) is 0 Å². The molecule has 0 saturated carbocycles. The molecule has 0 saturated heterocycles. The Morgan fingerprint density at radius 2 is 1.52 bits per heavy atom. The quantitative estimate of drug-likeness (QED) is 0.544. The third-order valence-corrected chi connectivity index (χ3v) is 3.35. The van der Waals surface area contributed by atoms with Crippen molar-refractivity contribution in [3.05, 3.63) is 35.9 Å². The first-order valence-electron chi connectivity index (χ1n) is 7.98. The summed E-state index contributed by atoms with van der Waals surface area (Å²) in [5.74, 6) is -1.08. The Morgan fingerprint density at radius 3 is 2.00 bits per heavy atom. The van der Waals surface area contributed by atoms with E-state index in [-0.39, 0.29) is 18.8 Å². The van der Waals surface area contributed by atoms with Gasteiger partial charge in [-0.15, -0.1) is 0 Å². The van der Waals surface area contributed by atoms with Crippen LogP contribution in [-0.2, 0) is 19.1 Å². The molecule has 0 bridgehead atoms. The molecule has 23 heavy (non-hydrogen) atoms. The zero-order valence-corrected chi connectivity index (χ0v) is 14.3. The maximum atomic E-state index is 12.1. The second kappa shape index (κ2) is 9.66. The first-order chi connectivity index (χ1) is 11.1. The van der Waals surface area contributed by atoms with Crippen LogP contribution in [0.4, 0.5) is 5.69 Å². The molecule has 0 radical (unpaired) electrons. The van der Waals surface area contributed by atoms with Gasteiger partial charge in [-0.2, -0.15) is 0 Å². The van der Waals surface area contributed by atoms with Crippen molar-refractivity contribution in [2.75, 3.05) is 31.2 Å². The number of anilines is 1. The van der Waals surface area contributed by atoms with Crippen LogP contribution in [0.1, 0.15) is 33.3 Å². The average Bonchev–Trinajstić information content (AvgIpc) is 2.55. The van der Waals surface area contributed by atoms with Crippen molar-refractivity contribution in [3.63, 3.8) is 0 Å². The van der Waals surface area contributed by atoms with Crippen molar-refractivity contribution >= 4 is 23.2 Å². The standard InChI is InChI=1S/C18H25NO4/c1-5-19(6-2)15-11-9-14(10-12-15)16(18(21)23-8-4)13-17(20)22-7-3/h9-13H,5-8H2,1-4H3. The third kappa shape index (κ3) is 5.43. The van der Waals surface area contributed by atoms with Crippen LogP contribution in [0.3, 0.4) is 0 Å². The Labute approximate surface area is 137 Å². The normalized spacial score (nSPS) is 11.0. The van der Waals surface area contributed by atoms with Gasteiger partial charge in [0.05, 0.1) is 18.8 Å². The zero-order valence-electron chi connectivity index (χ0n) is 14.3. The van der Waals surface area contributed by atoms with E-state index in [0.29, 0.717) is 5.56 Å². The fraction of sp³-hybridized carbons (Fsp3) is 0.444. The smallest absolute Gasteiger partial charge is 0.338 e. The molecule has 0 aliphatic carbocycles. The van der Waals surface area contributed by atoms with Gasteiger partial charge in [0, 0.05) is 24.9 Å². The van der Waals surface area contributed by atoms with Crippen LogP contribution in [0.25, 0.3) is 5.57 Å². The van der Waals surface area contributed by atoms with E-state index < -0.39 is 11.9 Å². The second-order valence-electron chi connectivity index (χ2n) is 4.75. The molecule has 1 aromatic carbocycles. The number of benzene rings is 1. The van der Waals surface area contributed by atoms with E-state index in [9.17, 15) is 9.59 Å². The Balaban J connectivity index is 3.11. The minimum atomic E-state index is -0.552. The van der Waals surface area contributed by atoms with Crippen LogP contribution >= 0.6 is 0 Å². The highest BCUT2D eigenvalue weighted by Gasteiger charge is 2.16. The predicted molar refractivity (Wildman–Crippen MR) is 91.2 cm³/mol. The topological polar surface area (TPSA) is 55.8 Å². The molecule has 126 valence electrons. The summed E-state index contributed by atoms with van der Waals surface area (Å²) in [4.78, 5) is 26.0. The summed E-state index contributed by atoms with van der Waals surface area (Å²) in [5.41, 5.74) is 1.90. The summed E-state index contributed by atoms with van der Waals surface area (Å²) in [6.07, 6.45) is 1.19. The van der Waals surface area contributed by atoms with Crippen molar-refractivity contribution in [2.24, 2.45) is 0 Å². The Hall–Kier alpha value is -2.30. The van der Waals surface area contributed by atoms with E-state index in [1.807, 2.05) is 24.3 Å². The van der Waals surface area contributed by atoms with Crippen molar-refractivity contribution in [1.29, 1.82) is 0 Å². The fourth-order valence-electron chi connectivity index (χ4n) is 2.21. The number of carbonyl (C=O) groups is 2. The third-order valence-electron chi connectivity index (χ3n) is 3.35. The first kappa shape index (κ1) is 18.7. The van der Waals surface area contributed by atoms with Crippen molar-refractivity contribution in [3.8, 4) is 0 Å². The minimum Gasteiger partial charge on any atom is -0.463 e. The summed E-state index contributed by atoms with van der Waals surface area (Å²) < 4.78 is 9.92. The van der Waals surface area contributed by atoms with Crippen molar-refractivity contribution in [2.45, 2.75) is 27.7 Å². The summed E-state index contributed by atoms with van der Waals surface area (Å²) in [7, 11) is 0. The lowest BCUT2D eigenvalue weighted by Crippen LogP contribution is -2.21. The average molecular weight is 319 g/mol. The van der Waals surface area contributed by atoms with Gasteiger partial charge < -0.3 is 14.4 Å². The largest absolute Gasteiger partial charge is 0.463 e. The molecule has 1 aromatic rings. The molecular formula is C18H25NO4. The van der Waals surface area contributed by atoms with E-state index in [4.69, 9.17) is 9.47 Å². The van der Waals surface area contributed by atoms with Crippen LogP contribution in [0.5, 0.6) is 0 Å². The molecule has 0 aliphatic rings. The summed E-state index contributed by atoms with van der Waals surface area (Å²) in [5, 5.41) is 0. The van der Waals surface area contributed by atoms with Crippen LogP contribution in [0.2, 0.25) is 0 Å². The number of rotatable bonds is 8. The lowest BCUT2D eigenvalue weighted by molar-refractivity contribution is -0.139. The number of carbonyl (C=O) groups excluding carboxylic acids is 2. The van der Waals surface area contributed by atoms with E-state index in [0.717, 1.165) is 18.8 Å². The van der Waals surface area contributed by atoms with E-state index in [2.05, 4.69) is 18.7 Å². The molecule has 0 unspecified atom stereocenters. The van der Waals surface area contributed by atoms with Crippen LogP contribution in [-0.4, -0.2) is 38.2 Å². The lowest BCUT2D eigenvalue weighted by atomic mass is 10.0. The summed E-state index contributed by atoms with van der Waals surface area (Å²) in [6.45, 7) is 9.92. The fourth-order valence-corrected chi connectivity index (χ4v) is 2.21. The molecule has 5 heteroatoms.